The maximum atomic E-state index is 12.0. The van der Waals surface area contributed by atoms with Gasteiger partial charge in [-0.1, -0.05) is 0 Å². The molecule has 0 spiro atoms. The molecular formula is C11H14O5S. The first-order valence-corrected chi connectivity index (χ1v) is 6.46. The van der Waals surface area contributed by atoms with Crippen LogP contribution in [-0.2, 0) is 14.6 Å². The zero-order valence-electron chi connectivity index (χ0n) is 9.80. The molecule has 0 aliphatic carbocycles. The number of hydrogen-bond acceptors (Lipinski definition) is 4. The summed E-state index contributed by atoms with van der Waals surface area (Å²) in [6.45, 7) is 2.76. The maximum absolute atomic E-state index is 12.0. The van der Waals surface area contributed by atoms with Gasteiger partial charge in [0.15, 0.2) is 15.1 Å². The van der Waals surface area contributed by atoms with Crippen molar-refractivity contribution in [2.24, 2.45) is 0 Å². The minimum Gasteiger partial charge on any atom is -0.497 e. The Morgan fingerprint density at radius 1 is 1.41 bits per heavy atom. The molecule has 0 heterocycles. The number of aryl methyl sites for hydroxylation is 1. The van der Waals surface area contributed by atoms with E-state index in [1.54, 1.807) is 13.0 Å². The molecular weight excluding hydrogens is 244 g/mol. The minimum absolute atomic E-state index is 0.0215. The van der Waals surface area contributed by atoms with E-state index < -0.39 is 21.1 Å². The standard InChI is InChI=1S/C11H14O5S/c1-7-6-9(16-3)4-5-10(7)17(14,15)8(2)11(12)13/h4-6,8H,1-3H3,(H,12,13). The molecule has 1 aromatic carbocycles. The third-order valence-electron chi connectivity index (χ3n) is 2.50. The summed E-state index contributed by atoms with van der Waals surface area (Å²) in [6, 6.07) is 4.42. The van der Waals surface area contributed by atoms with Crippen molar-refractivity contribution in [2.75, 3.05) is 7.11 Å². The lowest BCUT2D eigenvalue weighted by molar-refractivity contribution is -0.136. The second kappa shape index (κ2) is 4.75. The number of aliphatic carboxylic acids is 1. The van der Waals surface area contributed by atoms with Gasteiger partial charge in [0.05, 0.1) is 12.0 Å². The third kappa shape index (κ3) is 2.58. The summed E-state index contributed by atoms with van der Waals surface area (Å²) in [6.07, 6.45) is 0. The quantitative estimate of drug-likeness (QED) is 0.879. The molecule has 1 unspecified atom stereocenters. The Kier molecular flexibility index (Phi) is 3.77. The van der Waals surface area contributed by atoms with Crippen molar-refractivity contribution in [3.63, 3.8) is 0 Å². The highest BCUT2D eigenvalue weighted by Crippen LogP contribution is 2.24. The summed E-state index contributed by atoms with van der Waals surface area (Å²) < 4.78 is 28.9. The second-order valence-corrected chi connectivity index (χ2v) is 5.89. The van der Waals surface area contributed by atoms with E-state index >= 15 is 0 Å². The largest absolute Gasteiger partial charge is 0.497 e. The summed E-state index contributed by atoms with van der Waals surface area (Å²) in [7, 11) is -2.37. The van der Waals surface area contributed by atoms with Crippen LogP contribution in [0.3, 0.4) is 0 Å². The van der Waals surface area contributed by atoms with Crippen LogP contribution in [0, 0.1) is 6.92 Å². The average molecular weight is 258 g/mol. The molecule has 5 nitrogen and oxygen atoms in total. The van der Waals surface area contributed by atoms with Crippen LogP contribution in [0.15, 0.2) is 23.1 Å². The first-order valence-electron chi connectivity index (χ1n) is 4.92. The molecule has 0 amide bonds. The van der Waals surface area contributed by atoms with Gasteiger partial charge in [-0.3, -0.25) is 4.79 Å². The third-order valence-corrected chi connectivity index (χ3v) is 4.71. The lowest BCUT2D eigenvalue weighted by Crippen LogP contribution is -2.27. The monoisotopic (exact) mass is 258 g/mol. The molecule has 94 valence electrons. The first-order chi connectivity index (χ1) is 7.80. The fourth-order valence-corrected chi connectivity index (χ4v) is 2.80. The van der Waals surface area contributed by atoms with Crippen LogP contribution in [0.25, 0.3) is 0 Å². The Balaban J connectivity index is 3.30. The predicted molar refractivity (Wildman–Crippen MR) is 62.0 cm³/mol. The smallest absolute Gasteiger partial charge is 0.321 e. The van der Waals surface area contributed by atoms with E-state index in [4.69, 9.17) is 9.84 Å². The van der Waals surface area contributed by atoms with E-state index in [1.807, 2.05) is 0 Å². The lowest BCUT2D eigenvalue weighted by Gasteiger charge is -2.12. The second-order valence-electron chi connectivity index (χ2n) is 3.66. The molecule has 0 saturated heterocycles. The van der Waals surface area contributed by atoms with E-state index in [9.17, 15) is 13.2 Å². The van der Waals surface area contributed by atoms with Crippen LogP contribution in [0.5, 0.6) is 5.75 Å². The predicted octanol–water partition coefficient (Wildman–Crippen LogP) is 1.25. The summed E-state index contributed by atoms with van der Waals surface area (Å²) >= 11 is 0. The van der Waals surface area contributed by atoms with Crippen molar-refractivity contribution in [3.05, 3.63) is 23.8 Å². The highest BCUT2D eigenvalue weighted by molar-refractivity contribution is 7.92. The number of carboxylic acid groups (broad SMARTS) is 1. The number of hydrogen-bond donors (Lipinski definition) is 1. The molecule has 0 radical (unpaired) electrons. The van der Waals surface area contributed by atoms with Gasteiger partial charge in [-0.25, -0.2) is 8.42 Å². The molecule has 0 aliphatic rings. The number of benzene rings is 1. The topological polar surface area (TPSA) is 80.7 Å². The first kappa shape index (κ1) is 13.5. The van der Waals surface area contributed by atoms with Gasteiger partial charge in [0.2, 0.25) is 0 Å². The van der Waals surface area contributed by atoms with Gasteiger partial charge in [-0.2, -0.15) is 0 Å². The molecule has 0 aliphatic heterocycles. The molecule has 0 aromatic heterocycles. The van der Waals surface area contributed by atoms with Gasteiger partial charge in [0, 0.05) is 0 Å². The minimum atomic E-state index is -3.85. The Bertz CT molecular complexity index is 533. The number of rotatable bonds is 4. The molecule has 1 N–H and O–H groups in total. The normalized spacial score (nSPS) is 13.1. The van der Waals surface area contributed by atoms with E-state index in [0.717, 1.165) is 6.92 Å². The summed E-state index contributed by atoms with van der Waals surface area (Å²) in [5.74, 6) is -0.829. The van der Waals surface area contributed by atoms with Gasteiger partial charge in [0.1, 0.15) is 5.75 Å². The molecule has 0 bridgehead atoms. The summed E-state index contributed by atoms with van der Waals surface area (Å²) in [5.41, 5.74) is 0.470. The SMILES string of the molecule is COc1ccc(S(=O)(=O)C(C)C(=O)O)c(C)c1. The maximum Gasteiger partial charge on any atom is 0.321 e. The van der Waals surface area contributed by atoms with E-state index in [1.165, 1.54) is 19.2 Å². The zero-order chi connectivity index (χ0) is 13.2. The van der Waals surface area contributed by atoms with E-state index in [2.05, 4.69) is 0 Å². The summed E-state index contributed by atoms with van der Waals surface area (Å²) in [5, 5.41) is 7.30. The van der Waals surface area contributed by atoms with Gasteiger partial charge in [-0.15, -0.1) is 0 Å². The van der Waals surface area contributed by atoms with Crippen molar-refractivity contribution in [1.29, 1.82) is 0 Å². The fraction of sp³-hybridized carbons (Fsp3) is 0.364. The molecule has 0 saturated carbocycles. The number of sulfone groups is 1. The van der Waals surface area contributed by atoms with Crippen LogP contribution >= 0.6 is 0 Å². The zero-order valence-corrected chi connectivity index (χ0v) is 10.6. The molecule has 1 atom stereocenters. The van der Waals surface area contributed by atoms with Gasteiger partial charge < -0.3 is 9.84 Å². The van der Waals surface area contributed by atoms with Crippen molar-refractivity contribution in [3.8, 4) is 5.75 Å². The Morgan fingerprint density at radius 3 is 2.41 bits per heavy atom. The fourth-order valence-electron chi connectivity index (χ4n) is 1.39. The number of carbonyl (C=O) groups is 1. The van der Waals surface area contributed by atoms with Crippen molar-refractivity contribution in [2.45, 2.75) is 24.0 Å². The molecule has 0 fully saturated rings. The van der Waals surface area contributed by atoms with Crippen LogP contribution in [0.4, 0.5) is 0 Å². The number of ether oxygens (including phenoxy) is 1. The Hall–Kier alpha value is -1.56. The Labute approximate surface area is 100.0 Å². The van der Waals surface area contributed by atoms with Crippen LogP contribution in [-0.4, -0.2) is 31.9 Å². The highest BCUT2D eigenvalue weighted by Gasteiger charge is 2.30. The molecule has 1 aromatic rings. The molecule has 1 rings (SSSR count). The Morgan fingerprint density at radius 2 is 2.00 bits per heavy atom. The average Bonchev–Trinajstić information content (AvgIpc) is 2.27. The van der Waals surface area contributed by atoms with Gasteiger partial charge in [0.25, 0.3) is 0 Å². The van der Waals surface area contributed by atoms with Gasteiger partial charge >= 0.3 is 5.97 Å². The van der Waals surface area contributed by atoms with Crippen LogP contribution in [0.1, 0.15) is 12.5 Å². The summed E-state index contributed by atoms with van der Waals surface area (Å²) in [4.78, 5) is 10.8. The highest BCUT2D eigenvalue weighted by atomic mass is 32.2. The van der Waals surface area contributed by atoms with Crippen molar-refractivity contribution >= 4 is 15.8 Å². The van der Waals surface area contributed by atoms with Crippen LogP contribution < -0.4 is 4.74 Å². The number of methoxy groups -OCH3 is 1. The molecule has 6 heteroatoms. The molecule has 17 heavy (non-hydrogen) atoms. The lowest BCUT2D eigenvalue weighted by atomic mass is 10.2. The van der Waals surface area contributed by atoms with Crippen molar-refractivity contribution in [1.82, 2.24) is 0 Å². The number of carboxylic acids is 1. The van der Waals surface area contributed by atoms with E-state index in [-0.39, 0.29) is 4.90 Å². The van der Waals surface area contributed by atoms with Gasteiger partial charge in [-0.05, 0) is 37.6 Å². The van der Waals surface area contributed by atoms with Crippen molar-refractivity contribution < 1.29 is 23.1 Å². The van der Waals surface area contributed by atoms with Crippen LogP contribution in [0.2, 0.25) is 0 Å². The van der Waals surface area contributed by atoms with E-state index in [0.29, 0.717) is 11.3 Å².